The molecule has 0 amide bonds. The summed E-state index contributed by atoms with van der Waals surface area (Å²) >= 11 is 0. The summed E-state index contributed by atoms with van der Waals surface area (Å²) in [6.07, 6.45) is 0. The van der Waals surface area contributed by atoms with Crippen LogP contribution in [0, 0.1) is 17.1 Å². The summed E-state index contributed by atoms with van der Waals surface area (Å²) in [6, 6.07) is 27.3. The van der Waals surface area contributed by atoms with Gasteiger partial charge in [-0.25, -0.2) is 9.18 Å². The van der Waals surface area contributed by atoms with Crippen LogP contribution >= 0.6 is 0 Å². The predicted molar refractivity (Wildman–Crippen MR) is 147 cm³/mol. The molecule has 41 heavy (non-hydrogen) atoms. The number of carbonyl (C=O) groups excluding carboxylic acids is 1. The second-order valence-electron chi connectivity index (χ2n) is 9.02. The number of fused-ring (bicyclic) bond motifs is 1. The van der Waals surface area contributed by atoms with Crippen molar-refractivity contribution in [1.82, 2.24) is 0 Å². The molecule has 5 rings (SSSR count). The van der Waals surface area contributed by atoms with E-state index < -0.39 is 11.9 Å². The van der Waals surface area contributed by atoms with Crippen molar-refractivity contribution in [3.05, 3.63) is 125 Å². The lowest BCUT2D eigenvalue weighted by Gasteiger charge is -2.27. The van der Waals surface area contributed by atoms with Gasteiger partial charge in [0.25, 0.3) is 0 Å². The molecule has 0 bridgehead atoms. The lowest BCUT2D eigenvalue weighted by atomic mass is 9.83. The zero-order valence-electron chi connectivity index (χ0n) is 22.0. The molecule has 0 spiro atoms. The molecule has 2 N–H and O–H groups in total. The molecule has 0 aromatic heterocycles. The summed E-state index contributed by atoms with van der Waals surface area (Å²) in [4.78, 5) is 12.4. The number of ether oxygens (including phenoxy) is 5. The number of hydrogen-bond acceptors (Lipinski definition) is 8. The molecule has 1 unspecified atom stereocenters. The highest BCUT2D eigenvalue weighted by Gasteiger charge is 2.31. The lowest BCUT2D eigenvalue weighted by Crippen LogP contribution is -2.21. The van der Waals surface area contributed by atoms with Gasteiger partial charge in [-0.3, -0.25) is 0 Å². The first-order valence-corrected chi connectivity index (χ1v) is 12.6. The Morgan fingerprint density at radius 2 is 1.68 bits per heavy atom. The maximum atomic E-state index is 14.0. The normalized spacial score (nSPS) is 13.8. The molecule has 9 heteroatoms. The van der Waals surface area contributed by atoms with E-state index in [0.717, 1.165) is 5.56 Å². The van der Waals surface area contributed by atoms with Crippen molar-refractivity contribution in [3.8, 4) is 34.8 Å². The Labute approximate surface area is 235 Å². The van der Waals surface area contributed by atoms with Crippen LogP contribution in [0.3, 0.4) is 0 Å². The van der Waals surface area contributed by atoms with Crippen LogP contribution in [0.15, 0.2) is 102 Å². The van der Waals surface area contributed by atoms with Crippen LogP contribution in [-0.4, -0.2) is 19.7 Å². The maximum Gasteiger partial charge on any atom is 0.349 e. The highest BCUT2D eigenvalue weighted by Crippen LogP contribution is 2.44. The van der Waals surface area contributed by atoms with Gasteiger partial charge in [0.2, 0.25) is 5.88 Å². The van der Waals surface area contributed by atoms with Gasteiger partial charge in [-0.15, -0.1) is 0 Å². The van der Waals surface area contributed by atoms with Gasteiger partial charge in [0.05, 0.1) is 13.0 Å². The summed E-state index contributed by atoms with van der Waals surface area (Å²) in [5.74, 6) is 0.618. The number of hydrogen-bond donors (Lipinski definition) is 1. The van der Waals surface area contributed by atoms with E-state index in [1.807, 2.05) is 6.07 Å². The monoisotopic (exact) mass is 552 g/mol. The second-order valence-corrected chi connectivity index (χ2v) is 9.02. The van der Waals surface area contributed by atoms with Gasteiger partial charge < -0.3 is 29.4 Å². The Morgan fingerprint density at radius 1 is 0.927 bits per heavy atom. The van der Waals surface area contributed by atoms with E-state index in [1.165, 1.54) is 12.1 Å². The minimum absolute atomic E-state index is 0.0421. The number of methoxy groups -OCH3 is 1. The van der Waals surface area contributed by atoms with Gasteiger partial charge in [0.15, 0.2) is 6.61 Å². The Hall–Kier alpha value is -5.49. The molecule has 0 saturated heterocycles. The van der Waals surface area contributed by atoms with Gasteiger partial charge in [-0.1, -0.05) is 36.4 Å². The van der Waals surface area contributed by atoms with Crippen molar-refractivity contribution in [2.45, 2.75) is 12.5 Å². The maximum absolute atomic E-state index is 14.0. The third-order valence-corrected chi connectivity index (χ3v) is 6.38. The summed E-state index contributed by atoms with van der Waals surface area (Å²) < 4.78 is 41.6. The molecule has 1 heterocycles. The minimum Gasteiger partial charge on any atom is -0.497 e. The fourth-order valence-corrected chi connectivity index (χ4v) is 4.38. The number of carbonyl (C=O) groups is 1. The number of esters is 1. The third kappa shape index (κ3) is 6.23. The zero-order valence-corrected chi connectivity index (χ0v) is 22.0. The number of nitrogens with two attached hydrogens (primary N) is 1. The number of nitrogens with zero attached hydrogens (tertiary/aromatic N) is 1. The van der Waals surface area contributed by atoms with E-state index in [0.29, 0.717) is 34.1 Å². The Balaban J connectivity index is 1.32. The van der Waals surface area contributed by atoms with Crippen molar-refractivity contribution in [1.29, 1.82) is 5.26 Å². The highest BCUT2D eigenvalue weighted by molar-refractivity contribution is 5.74. The Morgan fingerprint density at radius 3 is 2.44 bits per heavy atom. The van der Waals surface area contributed by atoms with Crippen molar-refractivity contribution in [3.63, 3.8) is 0 Å². The van der Waals surface area contributed by atoms with Crippen molar-refractivity contribution >= 4 is 5.97 Å². The van der Waals surface area contributed by atoms with Gasteiger partial charge in [0, 0.05) is 17.2 Å². The second kappa shape index (κ2) is 12.1. The quantitative estimate of drug-likeness (QED) is 0.210. The summed E-state index contributed by atoms with van der Waals surface area (Å²) in [5, 5.41) is 9.90. The van der Waals surface area contributed by atoms with Crippen LogP contribution in [0.1, 0.15) is 22.6 Å². The smallest absolute Gasteiger partial charge is 0.349 e. The van der Waals surface area contributed by atoms with E-state index in [9.17, 15) is 14.4 Å². The lowest BCUT2D eigenvalue weighted by molar-refractivity contribution is -0.136. The zero-order chi connectivity index (χ0) is 28.8. The number of rotatable bonds is 9. The summed E-state index contributed by atoms with van der Waals surface area (Å²) in [6.45, 7) is -0.270. The summed E-state index contributed by atoms with van der Waals surface area (Å²) in [5.41, 5.74) is 8.15. The highest BCUT2D eigenvalue weighted by atomic mass is 19.1. The van der Waals surface area contributed by atoms with Crippen molar-refractivity contribution in [2.75, 3.05) is 13.7 Å². The topological polar surface area (TPSA) is 113 Å². The molecular weight excluding hydrogens is 527 g/mol. The molecule has 4 aromatic rings. The molecular formula is C32H25FN2O6. The molecule has 1 atom stereocenters. The Bertz CT molecular complexity index is 1650. The van der Waals surface area contributed by atoms with Gasteiger partial charge in [0.1, 0.15) is 52.8 Å². The van der Waals surface area contributed by atoms with E-state index >= 15 is 0 Å². The van der Waals surface area contributed by atoms with Crippen molar-refractivity contribution < 1.29 is 32.9 Å². The number of allylic oxidation sites excluding steroid dienone is 1. The first-order valence-electron chi connectivity index (χ1n) is 12.6. The predicted octanol–water partition coefficient (Wildman–Crippen LogP) is 5.62. The van der Waals surface area contributed by atoms with E-state index in [1.54, 1.807) is 79.9 Å². The molecule has 0 fully saturated rings. The van der Waals surface area contributed by atoms with E-state index in [2.05, 4.69) is 6.07 Å². The average molecular weight is 553 g/mol. The molecule has 206 valence electrons. The molecule has 1 aliphatic heterocycles. The van der Waals surface area contributed by atoms with Crippen LogP contribution in [0.4, 0.5) is 4.39 Å². The van der Waals surface area contributed by atoms with E-state index in [4.69, 9.17) is 29.4 Å². The molecule has 4 aromatic carbocycles. The Kier molecular flexibility index (Phi) is 8.02. The van der Waals surface area contributed by atoms with Crippen molar-refractivity contribution in [2.24, 2.45) is 5.73 Å². The standard InChI is InChI=1S/C32H25FN2O6/c1-37-22-9-11-23(12-10-22)39-19-30(36)40-25-13-14-26-29(16-25)41-32(35)27(17-34)31(26)20-6-4-7-24(15-20)38-18-21-5-2-3-8-28(21)33/h2-16,31H,18-19,35H2,1H3. The summed E-state index contributed by atoms with van der Waals surface area (Å²) in [7, 11) is 1.56. The number of halogens is 1. The van der Waals surface area contributed by atoms with Crippen LogP contribution in [0.5, 0.6) is 28.7 Å². The van der Waals surface area contributed by atoms with E-state index in [-0.39, 0.29) is 36.2 Å². The largest absolute Gasteiger partial charge is 0.497 e. The first-order chi connectivity index (χ1) is 19.9. The first kappa shape index (κ1) is 27.1. The van der Waals surface area contributed by atoms with Crippen LogP contribution in [0.25, 0.3) is 0 Å². The molecule has 8 nitrogen and oxygen atoms in total. The van der Waals surface area contributed by atoms with Gasteiger partial charge in [-0.05, 0) is 54.1 Å². The van der Waals surface area contributed by atoms with Crippen LogP contribution in [0.2, 0.25) is 0 Å². The molecule has 0 saturated carbocycles. The van der Waals surface area contributed by atoms with Gasteiger partial charge in [-0.2, -0.15) is 5.26 Å². The SMILES string of the molecule is COc1ccc(OCC(=O)Oc2ccc3c(c2)OC(N)=C(C#N)C3c2cccc(OCc3ccccc3F)c2)cc1. The fraction of sp³-hybridized carbons (Fsp3) is 0.125. The van der Waals surface area contributed by atoms with Crippen LogP contribution in [-0.2, 0) is 11.4 Å². The van der Waals surface area contributed by atoms with Gasteiger partial charge >= 0.3 is 5.97 Å². The third-order valence-electron chi connectivity index (χ3n) is 6.38. The fourth-order valence-electron chi connectivity index (χ4n) is 4.38. The number of nitriles is 1. The molecule has 0 aliphatic carbocycles. The molecule has 0 radical (unpaired) electrons. The molecule has 1 aliphatic rings. The van der Waals surface area contributed by atoms with Crippen LogP contribution < -0.4 is 29.4 Å². The minimum atomic E-state index is -0.617. The average Bonchev–Trinajstić information content (AvgIpc) is 2.99. The number of benzene rings is 4.